The minimum Gasteiger partial charge on any atom is -0.320 e. The van der Waals surface area contributed by atoms with Crippen LogP contribution in [0.15, 0.2) is 46.9 Å². The quantitative estimate of drug-likeness (QED) is 0.749. The van der Waals surface area contributed by atoms with E-state index in [9.17, 15) is 4.79 Å². The van der Waals surface area contributed by atoms with Crippen molar-refractivity contribution in [2.24, 2.45) is 0 Å². The molecular formula is C15H12BrN3O. The molecule has 5 heteroatoms. The van der Waals surface area contributed by atoms with Gasteiger partial charge >= 0.3 is 0 Å². The van der Waals surface area contributed by atoms with Crippen molar-refractivity contribution < 1.29 is 4.79 Å². The van der Waals surface area contributed by atoms with Gasteiger partial charge in [0.15, 0.2) is 5.69 Å². The van der Waals surface area contributed by atoms with Gasteiger partial charge in [0.2, 0.25) is 0 Å². The number of nitrogens with zero attached hydrogens (tertiary/aromatic N) is 1. The Labute approximate surface area is 124 Å². The first-order chi connectivity index (χ1) is 9.66. The van der Waals surface area contributed by atoms with Gasteiger partial charge in [-0.05, 0) is 40.5 Å². The van der Waals surface area contributed by atoms with Gasteiger partial charge in [0.25, 0.3) is 5.91 Å². The summed E-state index contributed by atoms with van der Waals surface area (Å²) in [6.45, 7) is 1.98. The number of para-hydroxylation sites is 1. The predicted molar refractivity (Wildman–Crippen MR) is 82.9 cm³/mol. The van der Waals surface area contributed by atoms with Crippen molar-refractivity contribution in [2.45, 2.75) is 6.92 Å². The highest BCUT2D eigenvalue weighted by molar-refractivity contribution is 9.10. The van der Waals surface area contributed by atoms with Gasteiger partial charge < -0.3 is 5.32 Å². The largest absolute Gasteiger partial charge is 0.320 e. The minimum absolute atomic E-state index is 0.228. The number of rotatable bonds is 2. The minimum atomic E-state index is -0.228. The van der Waals surface area contributed by atoms with E-state index >= 15 is 0 Å². The molecule has 3 aromatic rings. The number of aryl methyl sites for hydroxylation is 1. The first-order valence-corrected chi connectivity index (χ1v) is 6.95. The Bertz CT molecular complexity index is 795. The zero-order valence-corrected chi connectivity index (χ0v) is 12.4. The fraction of sp³-hybridized carbons (Fsp3) is 0.0667. The van der Waals surface area contributed by atoms with E-state index in [0.717, 1.165) is 26.6 Å². The number of hydrogen-bond donors (Lipinski definition) is 2. The van der Waals surface area contributed by atoms with Gasteiger partial charge in [0, 0.05) is 9.86 Å². The smallest absolute Gasteiger partial charge is 0.276 e. The third kappa shape index (κ3) is 2.20. The third-order valence-corrected chi connectivity index (χ3v) is 4.18. The van der Waals surface area contributed by atoms with Gasteiger partial charge in [0.05, 0.1) is 11.2 Å². The molecule has 20 heavy (non-hydrogen) atoms. The van der Waals surface area contributed by atoms with Crippen LogP contribution in [-0.4, -0.2) is 16.1 Å². The number of amides is 1. The van der Waals surface area contributed by atoms with Gasteiger partial charge in [-0.15, -0.1) is 0 Å². The molecule has 4 nitrogen and oxygen atoms in total. The molecule has 0 unspecified atom stereocenters. The summed E-state index contributed by atoms with van der Waals surface area (Å²) in [5.41, 5.74) is 3.05. The van der Waals surface area contributed by atoms with E-state index in [2.05, 4.69) is 31.4 Å². The molecule has 3 rings (SSSR count). The second kappa shape index (κ2) is 5.09. The number of anilines is 1. The normalized spacial score (nSPS) is 10.7. The van der Waals surface area contributed by atoms with Crippen molar-refractivity contribution in [3.8, 4) is 0 Å². The summed E-state index contributed by atoms with van der Waals surface area (Å²) in [6, 6.07) is 13.3. The molecule has 0 saturated heterocycles. The van der Waals surface area contributed by atoms with Crippen molar-refractivity contribution in [1.82, 2.24) is 10.2 Å². The van der Waals surface area contributed by atoms with Gasteiger partial charge in [-0.1, -0.05) is 30.3 Å². The summed E-state index contributed by atoms with van der Waals surface area (Å²) in [5, 5.41) is 10.6. The molecule has 0 spiro atoms. The monoisotopic (exact) mass is 329 g/mol. The van der Waals surface area contributed by atoms with Crippen LogP contribution in [0.3, 0.4) is 0 Å². The number of aromatic amines is 1. The maximum atomic E-state index is 12.3. The maximum Gasteiger partial charge on any atom is 0.276 e. The SMILES string of the molecule is Cc1cccc(NC(=O)c2n[nH]c3ccccc23)c1Br. The predicted octanol–water partition coefficient (Wildman–Crippen LogP) is 3.89. The number of carbonyl (C=O) groups is 1. The molecule has 0 aliphatic carbocycles. The summed E-state index contributed by atoms with van der Waals surface area (Å²) in [5.74, 6) is -0.228. The number of aromatic nitrogens is 2. The van der Waals surface area contributed by atoms with E-state index in [4.69, 9.17) is 0 Å². The summed E-state index contributed by atoms with van der Waals surface area (Å²) < 4.78 is 0.883. The average molecular weight is 330 g/mol. The summed E-state index contributed by atoms with van der Waals surface area (Å²) in [4.78, 5) is 12.3. The Balaban J connectivity index is 1.95. The molecule has 1 amide bonds. The lowest BCUT2D eigenvalue weighted by Crippen LogP contribution is -2.13. The maximum absolute atomic E-state index is 12.3. The van der Waals surface area contributed by atoms with Crippen LogP contribution in [0.2, 0.25) is 0 Å². The highest BCUT2D eigenvalue weighted by atomic mass is 79.9. The fourth-order valence-electron chi connectivity index (χ4n) is 2.06. The van der Waals surface area contributed by atoms with Crippen LogP contribution in [-0.2, 0) is 0 Å². The van der Waals surface area contributed by atoms with E-state index in [-0.39, 0.29) is 5.91 Å². The molecule has 0 radical (unpaired) electrons. The highest BCUT2D eigenvalue weighted by Crippen LogP contribution is 2.26. The summed E-state index contributed by atoms with van der Waals surface area (Å²) in [7, 11) is 0. The van der Waals surface area contributed by atoms with E-state index in [1.165, 1.54) is 0 Å². The molecule has 0 bridgehead atoms. The van der Waals surface area contributed by atoms with Crippen LogP contribution in [0.25, 0.3) is 10.9 Å². The number of H-pyrrole nitrogens is 1. The standard InChI is InChI=1S/C15H12BrN3O/c1-9-5-4-8-12(13(9)16)17-15(20)14-10-6-2-3-7-11(10)18-19-14/h2-8H,1H3,(H,17,20)(H,18,19). The molecular weight excluding hydrogens is 318 g/mol. The molecule has 0 saturated carbocycles. The molecule has 1 heterocycles. The van der Waals surface area contributed by atoms with Crippen LogP contribution >= 0.6 is 15.9 Å². The lowest BCUT2D eigenvalue weighted by Gasteiger charge is -2.08. The first-order valence-electron chi connectivity index (χ1n) is 6.16. The molecule has 1 aromatic heterocycles. The zero-order valence-electron chi connectivity index (χ0n) is 10.8. The second-order valence-corrected chi connectivity index (χ2v) is 5.30. The molecule has 2 N–H and O–H groups in total. The Morgan fingerprint density at radius 1 is 1.20 bits per heavy atom. The molecule has 0 fully saturated rings. The third-order valence-electron chi connectivity index (χ3n) is 3.13. The summed E-state index contributed by atoms with van der Waals surface area (Å²) >= 11 is 3.48. The van der Waals surface area contributed by atoms with Crippen LogP contribution in [0.5, 0.6) is 0 Å². The molecule has 100 valence electrons. The lowest BCUT2D eigenvalue weighted by molar-refractivity contribution is 0.102. The number of nitrogens with one attached hydrogen (secondary N) is 2. The lowest BCUT2D eigenvalue weighted by atomic mass is 10.2. The summed E-state index contributed by atoms with van der Waals surface area (Å²) in [6.07, 6.45) is 0. The fourth-order valence-corrected chi connectivity index (χ4v) is 2.43. The number of fused-ring (bicyclic) bond motifs is 1. The van der Waals surface area contributed by atoms with E-state index < -0.39 is 0 Å². The topological polar surface area (TPSA) is 57.8 Å². The van der Waals surface area contributed by atoms with Crippen LogP contribution in [0.4, 0.5) is 5.69 Å². The van der Waals surface area contributed by atoms with Crippen LogP contribution < -0.4 is 5.32 Å². The van der Waals surface area contributed by atoms with E-state index in [0.29, 0.717) is 5.69 Å². The molecule has 0 aliphatic heterocycles. The Morgan fingerprint density at radius 2 is 2.00 bits per heavy atom. The van der Waals surface area contributed by atoms with Crippen molar-refractivity contribution >= 4 is 38.4 Å². The van der Waals surface area contributed by atoms with Crippen molar-refractivity contribution in [2.75, 3.05) is 5.32 Å². The van der Waals surface area contributed by atoms with Gasteiger partial charge in [-0.25, -0.2) is 0 Å². The van der Waals surface area contributed by atoms with E-state index in [1.54, 1.807) is 0 Å². The number of hydrogen-bond acceptors (Lipinski definition) is 2. The zero-order chi connectivity index (χ0) is 14.1. The van der Waals surface area contributed by atoms with Gasteiger partial charge in [-0.3, -0.25) is 9.89 Å². The molecule has 0 aliphatic rings. The molecule has 0 atom stereocenters. The Morgan fingerprint density at radius 3 is 2.85 bits per heavy atom. The van der Waals surface area contributed by atoms with Crippen LogP contribution in [0, 0.1) is 6.92 Å². The highest BCUT2D eigenvalue weighted by Gasteiger charge is 2.15. The average Bonchev–Trinajstić information content (AvgIpc) is 2.88. The van der Waals surface area contributed by atoms with Gasteiger partial charge in [0.1, 0.15) is 0 Å². The Hall–Kier alpha value is -2.14. The Kier molecular flexibility index (Phi) is 3.28. The molecule has 2 aromatic carbocycles. The first kappa shape index (κ1) is 12.9. The second-order valence-electron chi connectivity index (χ2n) is 4.51. The van der Waals surface area contributed by atoms with Crippen LogP contribution in [0.1, 0.15) is 16.1 Å². The number of benzene rings is 2. The van der Waals surface area contributed by atoms with E-state index in [1.807, 2.05) is 49.4 Å². The van der Waals surface area contributed by atoms with Crippen molar-refractivity contribution in [3.05, 3.63) is 58.2 Å². The number of halogens is 1. The van der Waals surface area contributed by atoms with Crippen molar-refractivity contribution in [3.63, 3.8) is 0 Å². The van der Waals surface area contributed by atoms with Crippen molar-refractivity contribution in [1.29, 1.82) is 0 Å². The van der Waals surface area contributed by atoms with Gasteiger partial charge in [-0.2, -0.15) is 5.10 Å². The number of carbonyl (C=O) groups excluding carboxylic acids is 1.